The first-order chi connectivity index (χ1) is 11.2. The molecule has 4 heteroatoms. The average molecular weight is 432 g/mol. The third kappa shape index (κ3) is 2.39. The first kappa shape index (κ1) is 15.1. The van der Waals surface area contributed by atoms with Crippen LogP contribution in [-0.4, -0.2) is 8.96 Å². The molecule has 0 aliphatic carbocycles. The number of aromatic amines is 1. The Morgan fingerprint density at radius 1 is 1.04 bits per heavy atom. The molecule has 4 rings (SSSR count). The van der Waals surface area contributed by atoms with Gasteiger partial charge in [0.25, 0.3) is 0 Å². The molecule has 0 atom stereocenters. The monoisotopic (exact) mass is 432 g/mol. The first-order valence-corrected chi connectivity index (χ1v) is 11.0. The van der Waals surface area contributed by atoms with Gasteiger partial charge in [0.15, 0.2) is 0 Å². The fourth-order valence-corrected chi connectivity index (χ4v) is 5.26. The van der Waals surface area contributed by atoms with Crippen molar-refractivity contribution >= 4 is 52.1 Å². The SMILES string of the molecule is Cc1c(Cc2c[nH]c3c(C)cccc23)n(SI)c2ccccc12. The Balaban J connectivity index is 1.89. The van der Waals surface area contributed by atoms with Crippen molar-refractivity contribution in [3.63, 3.8) is 0 Å². The number of fused-ring (bicyclic) bond motifs is 2. The van der Waals surface area contributed by atoms with E-state index in [-0.39, 0.29) is 0 Å². The summed E-state index contributed by atoms with van der Waals surface area (Å²) < 4.78 is 2.36. The number of aryl methyl sites for hydroxylation is 2. The highest BCUT2D eigenvalue weighted by atomic mass is 127. The zero-order valence-electron chi connectivity index (χ0n) is 13.1. The van der Waals surface area contributed by atoms with Crippen LogP contribution in [0.3, 0.4) is 0 Å². The second kappa shape index (κ2) is 5.91. The Morgan fingerprint density at radius 3 is 2.65 bits per heavy atom. The maximum atomic E-state index is 3.45. The summed E-state index contributed by atoms with van der Waals surface area (Å²) in [6.07, 6.45) is 3.11. The summed E-state index contributed by atoms with van der Waals surface area (Å²) in [6.45, 7) is 4.40. The summed E-state index contributed by atoms with van der Waals surface area (Å²) in [5.41, 5.74) is 7.98. The van der Waals surface area contributed by atoms with Gasteiger partial charge in [0.05, 0.1) is 5.52 Å². The Bertz CT molecular complexity index is 1010. The summed E-state index contributed by atoms with van der Waals surface area (Å²) >= 11 is 2.38. The highest BCUT2D eigenvalue weighted by molar-refractivity contribution is 14.2. The van der Waals surface area contributed by atoms with E-state index in [4.69, 9.17) is 0 Å². The van der Waals surface area contributed by atoms with Crippen LogP contribution in [0.25, 0.3) is 21.8 Å². The number of nitrogens with one attached hydrogen (secondary N) is 1. The van der Waals surface area contributed by atoms with E-state index in [0.717, 1.165) is 6.42 Å². The molecule has 2 nitrogen and oxygen atoms in total. The zero-order valence-corrected chi connectivity index (χ0v) is 16.0. The van der Waals surface area contributed by atoms with E-state index in [1.165, 1.54) is 44.2 Å². The molecule has 0 aliphatic heterocycles. The summed E-state index contributed by atoms with van der Waals surface area (Å²) in [4.78, 5) is 3.45. The van der Waals surface area contributed by atoms with Crippen molar-refractivity contribution in [3.05, 3.63) is 71.0 Å². The number of benzene rings is 2. The lowest BCUT2D eigenvalue weighted by Crippen LogP contribution is -1.96. The molecule has 2 aromatic carbocycles. The lowest BCUT2D eigenvalue weighted by molar-refractivity contribution is 1.07. The average Bonchev–Trinajstić information content (AvgIpc) is 3.10. The molecule has 0 saturated carbocycles. The smallest absolute Gasteiger partial charge is 0.0604 e. The molecule has 2 heterocycles. The molecule has 0 saturated heterocycles. The van der Waals surface area contributed by atoms with Crippen molar-refractivity contribution in [2.45, 2.75) is 20.3 Å². The molecular weight excluding hydrogens is 415 g/mol. The summed E-state index contributed by atoms with van der Waals surface area (Å²) in [7, 11) is 1.75. The number of rotatable bonds is 3. The van der Waals surface area contributed by atoms with E-state index in [1.807, 2.05) is 0 Å². The van der Waals surface area contributed by atoms with Crippen molar-refractivity contribution < 1.29 is 0 Å². The van der Waals surface area contributed by atoms with Crippen LogP contribution in [0, 0.1) is 13.8 Å². The Labute approximate surface area is 152 Å². The van der Waals surface area contributed by atoms with Gasteiger partial charge in [-0.3, -0.25) is 3.97 Å². The Kier molecular flexibility index (Phi) is 3.89. The van der Waals surface area contributed by atoms with Crippen LogP contribution in [0.4, 0.5) is 0 Å². The highest BCUT2D eigenvalue weighted by Gasteiger charge is 2.16. The van der Waals surface area contributed by atoms with E-state index in [1.54, 1.807) is 9.12 Å². The van der Waals surface area contributed by atoms with Crippen LogP contribution in [0.2, 0.25) is 0 Å². The molecule has 0 unspecified atom stereocenters. The van der Waals surface area contributed by atoms with Crippen molar-refractivity contribution in [1.29, 1.82) is 0 Å². The molecule has 0 amide bonds. The van der Waals surface area contributed by atoms with Gasteiger partial charge >= 0.3 is 0 Å². The van der Waals surface area contributed by atoms with Crippen LogP contribution < -0.4 is 0 Å². The van der Waals surface area contributed by atoms with Crippen LogP contribution in [0.1, 0.15) is 22.4 Å². The van der Waals surface area contributed by atoms with E-state index in [2.05, 4.69) is 92.7 Å². The number of hydrogen-bond acceptors (Lipinski definition) is 1. The molecule has 2 aromatic heterocycles. The lowest BCUT2D eigenvalue weighted by atomic mass is 10.0. The van der Waals surface area contributed by atoms with Gasteiger partial charge in [0, 0.05) is 64.9 Å². The van der Waals surface area contributed by atoms with Crippen LogP contribution >= 0.6 is 30.3 Å². The number of hydrogen-bond donors (Lipinski definition) is 1. The number of nitrogens with zero attached hydrogens (tertiary/aromatic N) is 1. The van der Waals surface area contributed by atoms with Crippen molar-refractivity contribution in [1.82, 2.24) is 8.96 Å². The molecule has 1 N–H and O–H groups in total. The molecule has 116 valence electrons. The van der Waals surface area contributed by atoms with Gasteiger partial charge in [-0.05, 0) is 36.6 Å². The second-order valence-corrected chi connectivity index (χ2v) is 7.63. The van der Waals surface area contributed by atoms with Gasteiger partial charge in [-0.1, -0.05) is 36.4 Å². The van der Waals surface area contributed by atoms with E-state index in [0.29, 0.717) is 0 Å². The van der Waals surface area contributed by atoms with Gasteiger partial charge in [0.1, 0.15) is 0 Å². The molecule has 0 fully saturated rings. The van der Waals surface area contributed by atoms with Gasteiger partial charge in [-0.2, -0.15) is 0 Å². The van der Waals surface area contributed by atoms with Crippen molar-refractivity contribution in [2.75, 3.05) is 0 Å². The summed E-state index contributed by atoms with van der Waals surface area (Å²) in [5.74, 6) is 0. The molecule has 23 heavy (non-hydrogen) atoms. The number of halogens is 1. The first-order valence-electron chi connectivity index (χ1n) is 7.64. The normalized spacial score (nSPS) is 11.6. The number of aromatic nitrogens is 2. The topological polar surface area (TPSA) is 20.7 Å². The predicted molar refractivity (Wildman–Crippen MR) is 110 cm³/mol. The van der Waals surface area contributed by atoms with Crippen molar-refractivity contribution in [3.8, 4) is 0 Å². The van der Waals surface area contributed by atoms with Crippen molar-refractivity contribution in [2.24, 2.45) is 0 Å². The molecule has 0 spiro atoms. The molecule has 0 radical (unpaired) electrons. The highest BCUT2D eigenvalue weighted by Crippen LogP contribution is 2.34. The van der Waals surface area contributed by atoms with E-state index in [9.17, 15) is 0 Å². The minimum Gasteiger partial charge on any atom is -0.361 e. The zero-order chi connectivity index (χ0) is 16.0. The fraction of sp³-hybridized carbons (Fsp3) is 0.158. The van der Waals surface area contributed by atoms with E-state index >= 15 is 0 Å². The predicted octanol–water partition coefficient (Wildman–Crippen LogP) is 6.18. The molecule has 0 bridgehead atoms. The van der Waals surface area contributed by atoms with Gasteiger partial charge in [0.2, 0.25) is 0 Å². The molecule has 4 aromatic rings. The van der Waals surface area contributed by atoms with Gasteiger partial charge < -0.3 is 4.98 Å². The number of para-hydroxylation sites is 2. The Hall–Kier alpha value is -1.40. The maximum Gasteiger partial charge on any atom is 0.0604 e. The third-order valence-electron chi connectivity index (χ3n) is 4.64. The van der Waals surface area contributed by atoms with Gasteiger partial charge in [-0.15, -0.1) is 0 Å². The quantitative estimate of drug-likeness (QED) is 0.384. The van der Waals surface area contributed by atoms with Crippen LogP contribution in [0.15, 0.2) is 48.7 Å². The summed E-state index contributed by atoms with van der Waals surface area (Å²) in [6, 6.07) is 15.2. The lowest BCUT2D eigenvalue weighted by Gasteiger charge is -2.07. The third-order valence-corrected chi connectivity index (χ3v) is 6.38. The maximum absolute atomic E-state index is 3.45. The minimum absolute atomic E-state index is 0.944. The van der Waals surface area contributed by atoms with Gasteiger partial charge in [-0.25, -0.2) is 0 Å². The Morgan fingerprint density at radius 2 is 1.83 bits per heavy atom. The standard InChI is InChI=1S/C19H17IN2S/c1-12-6-5-8-16-14(11-21-19(12)16)10-18-13(2)15-7-3-4-9-17(15)22(18)23-20/h3-9,11,21H,10H2,1-2H3. The fourth-order valence-electron chi connectivity index (χ4n) is 3.39. The minimum atomic E-state index is 0.944. The molecular formula is C19H17IN2S. The molecule has 0 aliphatic rings. The second-order valence-electron chi connectivity index (χ2n) is 5.94. The van der Waals surface area contributed by atoms with Crippen LogP contribution in [-0.2, 0) is 6.42 Å². The van der Waals surface area contributed by atoms with E-state index < -0.39 is 0 Å². The summed E-state index contributed by atoms with van der Waals surface area (Å²) in [5, 5.41) is 2.68. The number of H-pyrrole nitrogens is 1. The largest absolute Gasteiger partial charge is 0.361 e. The van der Waals surface area contributed by atoms with Crippen LogP contribution in [0.5, 0.6) is 0 Å².